The van der Waals surface area contributed by atoms with Crippen molar-refractivity contribution in [3.63, 3.8) is 0 Å². The molecule has 5 nitrogen and oxygen atoms in total. The molecule has 3 N–H and O–H groups in total. The number of nitrogens with one attached hydrogen (secondary N) is 3. The summed E-state index contributed by atoms with van der Waals surface area (Å²) in [5.41, 5.74) is 0. The topological polar surface area (TPSA) is 66.0 Å². The highest BCUT2D eigenvalue weighted by Crippen LogP contribution is 1.99. The van der Waals surface area contributed by atoms with Crippen LogP contribution in [0.15, 0.2) is 24.4 Å². The van der Waals surface area contributed by atoms with E-state index < -0.39 is 0 Å². The first-order valence-corrected chi connectivity index (χ1v) is 4.54. The molecule has 0 radical (unpaired) electrons. The number of hydrogen-bond acceptors (Lipinski definition) is 3. The van der Waals surface area contributed by atoms with Gasteiger partial charge in [0, 0.05) is 19.3 Å². The molecule has 2 heterocycles. The smallest absolute Gasteiger partial charge is 0.320 e. The molecular formula is C9H13ClN4O. The molecule has 1 aliphatic heterocycles. The van der Waals surface area contributed by atoms with Crippen molar-refractivity contribution in [2.75, 3.05) is 18.4 Å². The number of anilines is 1. The van der Waals surface area contributed by atoms with E-state index in [0.717, 1.165) is 13.1 Å². The normalized spacial score (nSPS) is 14.7. The molecule has 1 saturated heterocycles. The number of nitrogens with zero attached hydrogens (tertiary/aromatic N) is 1. The summed E-state index contributed by atoms with van der Waals surface area (Å²) in [7, 11) is 0. The van der Waals surface area contributed by atoms with Crippen molar-refractivity contribution < 1.29 is 4.79 Å². The molecule has 2 amide bonds. The Balaban J connectivity index is 0.00000112. The van der Waals surface area contributed by atoms with Crippen LogP contribution in [0.1, 0.15) is 0 Å². The van der Waals surface area contributed by atoms with Crippen LogP contribution in [0.2, 0.25) is 0 Å². The minimum Gasteiger partial charge on any atom is -0.333 e. The third-order valence-electron chi connectivity index (χ3n) is 2.02. The molecule has 1 aromatic heterocycles. The lowest BCUT2D eigenvalue weighted by Gasteiger charge is -2.27. The molecule has 0 bridgehead atoms. The Labute approximate surface area is 94.1 Å². The van der Waals surface area contributed by atoms with Crippen molar-refractivity contribution in [1.29, 1.82) is 0 Å². The summed E-state index contributed by atoms with van der Waals surface area (Å²) in [6.07, 6.45) is 1.64. The van der Waals surface area contributed by atoms with Gasteiger partial charge in [-0.05, 0) is 12.1 Å². The number of halogens is 1. The molecule has 1 fully saturated rings. The van der Waals surface area contributed by atoms with Crippen molar-refractivity contribution in [1.82, 2.24) is 15.6 Å². The number of urea groups is 1. The highest BCUT2D eigenvalue weighted by atomic mass is 35.5. The monoisotopic (exact) mass is 228 g/mol. The van der Waals surface area contributed by atoms with Crippen LogP contribution in [-0.4, -0.2) is 30.1 Å². The largest absolute Gasteiger partial charge is 0.333 e. The Kier molecular flexibility index (Phi) is 4.33. The average Bonchev–Trinajstić information content (AvgIpc) is 2.13. The Hall–Kier alpha value is -1.33. The zero-order chi connectivity index (χ0) is 9.80. The quantitative estimate of drug-likeness (QED) is 0.695. The van der Waals surface area contributed by atoms with Gasteiger partial charge < -0.3 is 10.6 Å². The molecule has 6 heteroatoms. The summed E-state index contributed by atoms with van der Waals surface area (Å²) in [6.45, 7) is 1.69. The number of carbonyl (C=O) groups is 1. The number of amides is 2. The highest BCUT2D eigenvalue weighted by Gasteiger charge is 2.18. The maximum absolute atomic E-state index is 11.3. The van der Waals surface area contributed by atoms with E-state index in [1.165, 1.54) is 0 Å². The highest BCUT2D eigenvalue weighted by molar-refractivity contribution is 5.88. The lowest BCUT2D eigenvalue weighted by Crippen LogP contribution is -2.57. The molecule has 82 valence electrons. The fourth-order valence-electron chi connectivity index (χ4n) is 1.17. The van der Waals surface area contributed by atoms with Crippen LogP contribution in [0.4, 0.5) is 10.6 Å². The van der Waals surface area contributed by atoms with Gasteiger partial charge in [0.05, 0.1) is 6.04 Å². The molecule has 0 saturated carbocycles. The van der Waals surface area contributed by atoms with Crippen LogP contribution < -0.4 is 16.0 Å². The molecule has 1 aliphatic rings. The first-order valence-electron chi connectivity index (χ1n) is 4.54. The second kappa shape index (κ2) is 5.53. The van der Waals surface area contributed by atoms with Crippen LogP contribution >= 0.6 is 12.4 Å². The van der Waals surface area contributed by atoms with Gasteiger partial charge in [-0.3, -0.25) is 5.32 Å². The van der Waals surface area contributed by atoms with Gasteiger partial charge in [-0.1, -0.05) is 6.07 Å². The summed E-state index contributed by atoms with van der Waals surface area (Å²) in [5.74, 6) is 0.567. The number of aromatic nitrogens is 1. The summed E-state index contributed by atoms with van der Waals surface area (Å²) >= 11 is 0. The van der Waals surface area contributed by atoms with E-state index in [9.17, 15) is 4.79 Å². The molecular weight excluding hydrogens is 216 g/mol. The van der Waals surface area contributed by atoms with Crippen molar-refractivity contribution in [3.05, 3.63) is 24.4 Å². The van der Waals surface area contributed by atoms with Crippen LogP contribution in [0.3, 0.4) is 0 Å². The van der Waals surface area contributed by atoms with Crippen LogP contribution in [0.25, 0.3) is 0 Å². The zero-order valence-electron chi connectivity index (χ0n) is 8.06. The first kappa shape index (κ1) is 11.7. The maximum Gasteiger partial charge on any atom is 0.320 e. The summed E-state index contributed by atoms with van der Waals surface area (Å²) < 4.78 is 0. The minimum absolute atomic E-state index is 0. The zero-order valence-corrected chi connectivity index (χ0v) is 8.88. The number of rotatable bonds is 2. The SMILES string of the molecule is Cl.O=C(Nc1ccccn1)NC1CNC1. The maximum atomic E-state index is 11.3. The van der Waals surface area contributed by atoms with Crippen molar-refractivity contribution >= 4 is 24.3 Å². The van der Waals surface area contributed by atoms with Crippen LogP contribution in [0, 0.1) is 0 Å². The third-order valence-corrected chi connectivity index (χ3v) is 2.02. The Morgan fingerprint density at radius 3 is 2.80 bits per heavy atom. The third kappa shape index (κ3) is 3.38. The standard InChI is InChI=1S/C9H12N4O.ClH/c14-9(12-7-5-10-6-7)13-8-3-1-2-4-11-8;/h1-4,7,10H,5-6H2,(H2,11,12,13,14);1H. The predicted molar refractivity (Wildman–Crippen MR) is 60.3 cm³/mol. The Morgan fingerprint density at radius 1 is 1.47 bits per heavy atom. The number of hydrogen-bond donors (Lipinski definition) is 3. The molecule has 1 aromatic rings. The molecule has 0 spiro atoms. The molecule has 0 aromatic carbocycles. The first-order chi connectivity index (χ1) is 6.84. The molecule has 0 unspecified atom stereocenters. The number of pyridine rings is 1. The van der Waals surface area contributed by atoms with Gasteiger partial charge in [-0.15, -0.1) is 12.4 Å². The van der Waals surface area contributed by atoms with Crippen molar-refractivity contribution in [2.24, 2.45) is 0 Å². The van der Waals surface area contributed by atoms with E-state index in [1.807, 2.05) is 6.07 Å². The lowest BCUT2D eigenvalue weighted by atomic mass is 10.2. The second-order valence-corrected chi connectivity index (χ2v) is 3.17. The molecule has 0 aliphatic carbocycles. The number of carbonyl (C=O) groups excluding carboxylic acids is 1. The fraction of sp³-hybridized carbons (Fsp3) is 0.333. The van der Waals surface area contributed by atoms with Gasteiger partial charge in [-0.2, -0.15) is 0 Å². The van der Waals surface area contributed by atoms with E-state index in [4.69, 9.17) is 0 Å². The summed E-state index contributed by atoms with van der Waals surface area (Å²) in [6, 6.07) is 5.43. The predicted octanol–water partition coefficient (Wildman–Crippen LogP) is 0.597. The van der Waals surface area contributed by atoms with Crippen LogP contribution in [0.5, 0.6) is 0 Å². The van der Waals surface area contributed by atoms with Gasteiger partial charge in [0.1, 0.15) is 5.82 Å². The van der Waals surface area contributed by atoms with E-state index >= 15 is 0 Å². The van der Waals surface area contributed by atoms with E-state index in [-0.39, 0.29) is 24.5 Å². The van der Waals surface area contributed by atoms with Gasteiger partial charge >= 0.3 is 6.03 Å². The van der Waals surface area contributed by atoms with Gasteiger partial charge in [0.25, 0.3) is 0 Å². The van der Waals surface area contributed by atoms with Crippen LogP contribution in [-0.2, 0) is 0 Å². The molecule has 2 rings (SSSR count). The van der Waals surface area contributed by atoms with E-state index in [0.29, 0.717) is 5.82 Å². The van der Waals surface area contributed by atoms with Gasteiger partial charge in [0.2, 0.25) is 0 Å². The van der Waals surface area contributed by atoms with Crippen molar-refractivity contribution in [3.8, 4) is 0 Å². The minimum atomic E-state index is -0.199. The Morgan fingerprint density at radius 2 is 2.27 bits per heavy atom. The second-order valence-electron chi connectivity index (χ2n) is 3.17. The molecule has 15 heavy (non-hydrogen) atoms. The molecule has 0 atom stereocenters. The van der Waals surface area contributed by atoms with Gasteiger partial charge in [-0.25, -0.2) is 9.78 Å². The van der Waals surface area contributed by atoms with E-state index in [2.05, 4.69) is 20.9 Å². The van der Waals surface area contributed by atoms with Crippen molar-refractivity contribution in [2.45, 2.75) is 6.04 Å². The average molecular weight is 229 g/mol. The summed E-state index contributed by atoms with van der Waals surface area (Å²) in [4.78, 5) is 15.3. The summed E-state index contributed by atoms with van der Waals surface area (Å²) in [5, 5.41) is 8.54. The lowest BCUT2D eigenvalue weighted by molar-refractivity contribution is 0.243. The van der Waals surface area contributed by atoms with E-state index in [1.54, 1.807) is 18.3 Å². The van der Waals surface area contributed by atoms with Gasteiger partial charge in [0.15, 0.2) is 0 Å². The fourth-order valence-corrected chi connectivity index (χ4v) is 1.17. The Bertz CT molecular complexity index is 315.